The molecule has 0 saturated heterocycles. The van der Waals surface area contributed by atoms with Gasteiger partial charge >= 0.3 is 5.97 Å². The molecule has 0 bridgehead atoms. The predicted molar refractivity (Wildman–Crippen MR) is 268 cm³/mol. The maximum atomic E-state index is 12.7. The number of phosphoric ester groups is 1. The number of rotatable bonds is 46. The maximum Gasteiger partial charge on any atom is 0.306 e. The van der Waals surface area contributed by atoms with Crippen molar-refractivity contribution >= 4 is 13.8 Å². The van der Waals surface area contributed by atoms with E-state index in [2.05, 4.69) is 98.9 Å². The van der Waals surface area contributed by atoms with E-state index in [-0.39, 0.29) is 25.8 Å². The summed E-state index contributed by atoms with van der Waals surface area (Å²) in [5, 5.41) is 0. The van der Waals surface area contributed by atoms with Gasteiger partial charge in [0, 0.05) is 13.0 Å². The van der Waals surface area contributed by atoms with E-state index in [1.54, 1.807) is 0 Å². The SMILES string of the molecule is CC/C=C\C/C=C\C/C=C\C/C=C\C/C=C\C/C=C\CCCCCCCCC(=O)OC(COCCCCCCCC/C=C\CCCCCCCC)COP(=O)([O-])OCC[N+](C)(C)C. The molecule has 0 aromatic heterocycles. The monoisotopic (exact) mass is 902 g/mol. The summed E-state index contributed by atoms with van der Waals surface area (Å²) in [5.41, 5.74) is 0. The summed E-state index contributed by atoms with van der Waals surface area (Å²) in [7, 11) is 1.33. The Labute approximate surface area is 388 Å². The Bertz CT molecular complexity index is 1280. The highest BCUT2D eigenvalue weighted by atomic mass is 31.2. The zero-order valence-corrected chi connectivity index (χ0v) is 42.1. The minimum atomic E-state index is -4.54. The Kier molecular flexibility index (Phi) is 44.5. The number of ether oxygens (including phenoxy) is 2. The zero-order valence-electron chi connectivity index (χ0n) is 41.2. The van der Waals surface area contributed by atoms with Crippen molar-refractivity contribution in [3.05, 3.63) is 85.1 Å². The van der Waals surface area contributed by atoms with Crippen LogP contribution in [0.1, 0.15) is 194 Å². The van der Waals surface area contributed by atoms with Crippen LogP contribution >= 0.6 is 7.82 Å². The predicted octanol–water partition coefficient (Wildman–Crippen LogP) is 15.0. The molecule has 9 heteroatoms. The first-order valence-electron chi connectivity index (χ1n) is 25.3. The first-order valence-corrected chi connectivity index (χ1v) is 26.8. The molecular weight excluding hydrogens is 806 g/mol. The second-order valence-electron chi connectivity index (χ2n) is 17.8. The first-order chi connectivity index (χ1) is 30.6. The number of esters is 1. The first kappa shape index (κ1) is 60.7. The molecule has 63 heavy (non-hydrogen) atoms. The molecule has 0 saturated carbocycles. The molecule has 2 unspecified atom stereocenters. The molecule has 0 spiro atoms. The lowest BCUT2D eigenvalue weighted by Gasteiger charge is -2.28. The van der Waals surface area contributed by atoms with E-state index < -0.39 is 13.9 Å². The van der Waals surface area contributed by atoms with Crippen molar-refractivity contribution in [2.24, 2.45) is 0 Å². The van der Waals surface area contributed by atoms with E-state index >= 15 is 0 Å². The average Bonchev–Trinajstić information content (AvgIpc) is 3.24. The fourth-order valence-corrected chi connectivity index (χ4v) is 7.27. The molecule has 0 N–H and O–H groups in total. The van der Waals surface area contributed by atoms with Gasteiger partial charge in [0.15, 0.2) is 0 Å². The molecule has 8 nitrogen and oxygen atoms in total. The van der Waals surface area contributed by atoms with Gasteiger partial charge in [0.25, 0.3) is 7.82 Å². The largest absolute Gasteiger partial charge is 0.756 e. The van der Waals surface area contributed by atoms with Crippen LogP contribution < -0.4 is 4.89 Å². The van der Waals surface area contributed by atoms with Gasteiger partial charge in [-0.1, -0.05) is 182 Å². The molecule has 0 amide bonds. The number of quaternary nitrogens is 1. The molecule has 0 aliphatic carbocycles. The highest BCUT2D eigenvalue weighted by molar-refractivity contribution is 7.45. The molecule has 0 radical (unpaired) electrons. The molecule has 0 rings (SSSR count). The minimum Gasteiger partial charge on any atom is -0.756 e. The van der Waals surface area contributed by atoms with Gasteiger partial charge in [0.05, 0.1) is 34.4 Å². The summed E-state index contributed by atoms with van der Waals surface area (Å²) >= 11 is 0. The fourth-order valence-electron chi connectivity index (χ4n) is 6.54. The van der Waals surface area contributed by atoms with E-state index in [0.717, 1.165) is 83.5 Å². The fraction of sp³-hybridized carbons (Fsp3) is 0.722. The van der Waals surface area contributed by atoms with Crippen molar-refractivity contribution in [3.8, 4) is 0 Å². The molecular formula is C54H96NO7P. The van der Waals surface area contributed by atoms with Gasteiger partial charge in [-0.25, -0.2) is 0 Å². The summed E-state index contributed by atoms with van der Waals surface area (Å²) in [6.07, 6.45) is 61.7. The van der Waals surface area contributed by atoms with Crippen molar-refractivity contribution in [1.82, 2.24) is 0 Å². The third-order valence-electron chi connectivity index (χ3n) is 10.4. The zero-order chi connectivity index (χ0) is 46.2. The van der Waals surface area contributed by atoms with Crippen LogP contribution in [0.25, 0.3) is 0 Å². The van der Waals surface area contributed by atoms with Crippen LogP contribution in [0.15, 0.2) is 85.1 Å². The average molecular weight is 902 g/mol. The number of carbonyl (C=O) groups excluding carboxylic acids is 1. The van der Waals surface area contributed by atoms with Crippen LogP contribution in [-0.2, 0) is 27.9 Å². The highest BCUT2D eigenvalue weighted by Crippen LogP contribution is 2.38. The smallest absolute Gasteiger partial charge is 0.306 e. The number of likely N-dealkylation sites (N-methyl/N-ethyl adjacent to an activating group) is 1. The summed E-state index contributed by atoms with van der Waals surface area (Å²) in [5.74, 6) is -0.353. The lowest BCUT2D eigenvalue weighted by molar-refractivity contribution is -0.870. The maximum absolute atomic E-state index is 12.7. The van der Waals surface area contributed by atoms with Crippen LogP contribution in [0, 0.1) is 0 Å². The Morgan fingerprint density at radius 1 is 0.508 bits per heavy atom. The molecule has 364 valence electrons. The summed E-state index contributed by atoms with van der Waals surface area (Å²) in [6, 6.07) is 0. The highest BCUT2D eigenvalue weighted by Gasteiger charge is 2.20. The van der Waals surface area contributed by atoms with Crippen LogP contribution in [-0.4, -0.2) is 70.7 Å². The van der Waals surface area contributed by atoms with Crippen molar-refractivity contribution in [1.29, 1.82) is 0 Å². The van der Waals surface area contributed by atoms with E-state index in [4.69, 9.17) is 18.5 Å². The van der Waals surface area contributed by atoms with Gasteiger partial charge in [0.1, 0.15) is 19.3 Å². The minimum absolute atomic E-state index is 0.0176. The molecule has 0 fully saturated rings. The lowest BCUT2D eigenvalue weighted by atomic mass is 10.1. The van der Waals surface area contributed by atoms with Gasteiger partial charge in [-0.15, -0.1) is 0 Å². The third-order valence-corrected chi connectivity index (χ3v) is 11.4. The second-order valence-corrected chi connectivity index (χ2v) is 19.2. The topological polar surface area (TPSA) is 94.1 Å². The van der Waals surface area contributed by atoms with Crippen LogP contribution in [0.5, 0.6) is 0 Å². The normalized spacial score (nSPS) is 14.3. The van der Waals surface area contributed by atoms with E-state index in [0.29, 0.717) is 24.1 Å². The summed E-state index contributed by atoms with van der Waals surface area (Å²) < 4.78 is 34.7. The molecule has 0 aromatic rings. The number of hydrogen-bond acceptors (Lipinski definition) is 7. The van der Waals surface area contributed by atoms with Crippen molar-refractivity contribution in [2.75, 3.05) is 54.1 Å². The number of hydrogen-bond donors (Lipinski definition) is 0. The van der Waals surface area contributed by atoms with E-state index in [9.17, 15) is 14.3 Å². The summed E-state index contributed by atoms with van der Waals surface area (Å²) in [6.45, 7) is 5.25. The Morgan fingerprint density at radius 3 is 1.40 bits per heavy atom. The standard InChI is InChI=1S/C54H96NO7P/c1-6-8-10-12-14-16-18-20-22-24-25-26-27-28-29-30-31-32-33-35-37-39-41-43-45-47-54(56)62-53(52-61-63(57,58)60-50-48-55(3,4)5)51-59-49-46-44-42-40-38-36-34-23-21-19-17-15-13-11-9-7-2/h8,10,14,16,20-23,25-26,28-29,31-32,53H,6-7,9,11-13,15,17-19,24,27,30,33-52H2,1-5H3/b10-8-,16-14-,22-20-,23-21-,26-25-,29-28-,32-31-. The second kappa shape index (κ2) is 46.2. The van der Waals surface area contributed by atoms with Gasteiger partial charge in [0.2, 0.25) is 0 Å². The summed E-state index contributed by atoms with van der Waals surface area (Å²) in [4.78, 5) is 25.2. The number of unbranched alkanes of at least 4 members (excludes halogenated alkanes) is 18. The Hall–Kier alpha value is -2.32. The van der Waals surface area contributed by atoms with Crippen molar-refractivity contribution in [3.63, 3.8) is 0 Å². The molecule has 0 aliphatic rings. The van der Waals surface area contributed by atoms with Crippen LogP contribution in [0.3, 0.4) is 0 Å². The molecule has 2 atom stereocenters. The lowest BCUT2D eigenvalue weighted by Crippen LogP contribution is -2.37. The van der Waals surface area contributed by atoms with Gasteiger partial charge in [-0.05, 0) is 89.9 Å². The van der Waals surface area contributed by atoms with Crippen LogP contribution in [0.4, 0.5) is 0 Å². The van der Waals surface area contributed by atoms with Crippen molar-refractivity contribution < 1.29 is 37.3 Å². The number of nitrogens with zero attached hydrogens (tertiary/aromatic N) is 1. The van der Waals surface area contributed by atoms with E-state index in [1.165, 1.54) is 89.9 Å². The molecule has 0 heterocycles. The number of allylic oxidation sites excluding steroid dienone is 14. The van der Waals surface area contributed by atoms with Gasteiger partial charge in [-0.3, -0.25) is 9.36 Å². The molecule has 0 aliphatic heterocycles. The quantitative estimate of drug-likeness (QED) is 0.0197. The Balaban J connectivity index is 4.21. The van der Waals surface area contributed by atoms with Gasteiger partial charge in [-0.2, -0.15) is 0 Å². The van der Waals surface area contributed by atoms with E-state index in [1.807, 2.05) is 21.1 Å². The van der Waals surface area contributed by atoms with Gasteiger partial charge < -0.3 is 27.9 Å². The molecule has 0 aromatic carbocycles. The van der Waals surface area contributed by atoms with Crippen molar-refractivity contribution in [2.45, 2.75) is 200 Å². The number of carbonyl (C=O) groups is 1. The Morgan fingerprint density at radius 2 is 0.921 bits per heavy atom. The third kappa shape index (κ3) is 50.5. The van der Waals surface area contributed by atoms with Crippen LogP contribution in [0.2, 0.25) is 0 Å². The number of phosphoric acid groups is 1.